The van der Waals surface area contributed by atoms with E-state index in [9.17, 15) is 18.0 Å². The average Bonchev–Trinajstić information content (AvgIpc) is 2.68. The molecule has 1 aliphatic heterocycles. The molecule has 0 saturated carbocycles. The number of aromatic nitrogens is 2. The Hall–Kier alpha value is -1.57. The normalized spacial score (nSPS) is 15.3. The molecule has 0 aromatic carbocycles. The maximum absolute atomic E-state index is 12.8. The fraction of sp³-hybridized carbons (Fsp3) is 0.600. The van der Waals surface area contributed by atoms with Crippen LogP contribution < -0.4 is 5.32 Å². The summed E-state index contributed by atoms with van der Waals surface area (Å²) < 4.78 is 44.1. The van der Waals surface area contributed by atoms with Crippen LogP contribution in [-0.2, 0) is 24.0 Å². The Labute approximate surface area is 101 Å². The standard InChI is InChI=1S/C10H12F3N3O2/c1-2-18-8(17)7-6-5-14-3-4-16(6)9(15-7)10(11,12)13/h14H,2-5H2,1H3. The highest BCUT2D eigenvalue weighted by Gasteiger charge is 2.40. The lowest BCUT2D eigenvalue weighted by Crippen LogP contribution is -2.31. The summed E-state index contributed by atoms with van der Waals surface area (Å²) in [6, 6.07) is 0. The third-order valence-corrected chi connectivity index (χ3v) is 2.60. The molecular weight excluding hydrogens is 251 g/mol. The summed E-state index contributed by atoms with van der Waals surface area (Å²) in [6.45, 7) is 2.41. The molecule has 1 aromatic rings. The average molecular weight is 263 g/mol. The predicted octanol–water partition coefficient (Wildman–Crippen LogP) is 1.18. The van der Waals surface area contributed by atoms with E-state index in [1.165, 1.54) is 0 Å². The van der Waals surface area contributed by atoms with Gasteiger partial charge in [-0.05, 0) is 6.92 Å². The quantitative estimate of drug-likeness (QED) is 0.814. The Balaban J connectivity index is 2.48. The van der Waals surface area contributed by atoms with Crippen LogP contribution in [0.4, 0.5) is 13.2 Å². The fourth-order valence-corrected chi connectivity index (χ4v) is 1.88. The number of carbonyl (C=O) groups is 1. The number of carbonyl (C=O) groups excluding carboxylic acids is 1. The number of nitrogens with zero attached hydrogens (tertiary/aromatic N) is 2. The maximum atomic E-state index is 12.8. The van der Waals surface area contributed by atoms with E-state index >= 15 is 0 Å². The second-order valence-electron chi connectivity index (χ2n) is 3.78. The molecule has 5 nitrogen and oxygen atoms in total. The smallest absolute Gasteiger partial charge is 0.449 e. The minimum atomic E-state index is -4.57. The zero-order chi connectivity index (χ0) is 13.3. The highest BCUT2D eigenvalue weighted by Crippen LogP contribution is 2.31. The summed E-state index contributed by atoms with van der Waals surface area (Å²) in [5.74, 6) is -1.86. The van der Waals surface area contributed by atoms with Gasteiger partial charge in [0, 0.05) is 19.6 Å². The molecule has 0 spiro atoms. The second kappa shape index (κ2) is 4.60. The van der Waals surface area contributed by atoms with Gasteiger partial charge in [0.25, 0.3) is 0 Å². The number of halogens is 3. The predicted molar refractivity (Wildman–Crippen MR) is 54.9 cm³/mol. The molecule has 0 bridgehead atoms. The molecule has 100 valence electrons. The molecule has 1 N–H and O–H groups in total. The van der Waals surface area contributed by atoms with Gasteiger partial charge in [-0.1, -0.05) is 0 Å². The van der Waals surface area contributed by atoms with Gasteiger partial charge in [-0.25, -0.2) is 9.78 Å². The SMILES string of the molecule is CCOC(=O)c1nc(C(F)(F)F)n2c1CNCC2. The zero-order valence-electron chi connectivity index (χ0n) is 9.67. The van der Waals surface area contributed by atoms with Crippen molar-refractivity contribution < 1.29 is 22.7 Å². The van der Waals surface area contributed by atoms with Crippen molar-refractivity contribution in [2.75, 3.05) is 13.2 Å². The largest absolute Gasteiger partial charge is 0.461 e. The first-order valence-corrected chi connectivity index (χ1v) is 5.49. The van der Waals surface area contributed by atoms with Crippen LogP contribution in [0.25, 0.3) is 0 Å². The van der Waals surface area contributed by atoms with Gasteiger partial charge in [0.05, 0.1) is 12.3 Å². The van der Waals surface area contributed by atoms with Gasteiger partial charge in [-0.15, -0.1) is 0 Å². The van der Waals surface area contributed by atoms with Gasteiger partial charge < -0.3 is 14.6 Å². The number of rotatable bonds is 2. The maximum Gasteiger partial charge on any atom is 0.449 e. The summed E-state index contributed by atoms with van der Waals surface area (Å²) in [6.07, 6.45) is -4.57. The third kappa shape index (κ3) is 2.20. The number of esters is 1. The summed E-state index contributed by atoms with van der Waals surface area (Å²) in [4.78, 5) is 15.0. The summed E-state index contributed by atoms with van der Waals surface area (Å²) in [5, 5.41) is 2.91. The topological polar surface area (TPSA) is 56.1 Å². The van der Waals surface area contributed by atoms with Crippen LogP contribution in [-0.4, -0.2) is 28.7 Å². The molecule has 0 fully saturated rings. The molecule has 8 heteroatoms. The Kier molecular flexibility index (Phi) is 3.29. The number of alkyl halides is 3. The highest BCUT2D eigenvalue weighted by molar-refractivity contribution is 5.88. The van der Waals surface area contributed by atoms with Gasteiger partial charge in [0.15, 0.2) is 5.69 Å². The van der Waals surface area contributed by atoms with Crippen LogP contribution in [0.15, 0.2) is 0 Å². The van der Waals surface area contributed by atoms with Crippen LogP contribution in [0.5, 0.6) is 0 Å². The van der Waals surface area contributed by atoms with Crippen LogP contribution in [0.1, 0.15) is 28.9 Å². The number of hydrogen-bond donors (Lipinski definition) is 1. The van der Waals surface area contributed by atoms with Crippen molar-refractivity contribution in [3.8, 4) is 0 Å². The summed E-state index contributed by atoms with van der Waals surface area (Å²) >= 11 is 0. The van der Waals surface area contributed by atoms with E-state index in [1.54, 1.807) is 6.92 Å². The summed E-state index contributed by atoms with van der Waals surface area (Å²) in [7, 11) is 0. The molecule has 0 radical (unpaired) electrons. The number of hydrogen-bond acceptors (Lipinski definition) is 4. The molecule has 0 unspecified atom stereocenters. The minimum absolute atomic E-state index is 0.0971. The second-order valence-corrected chi connectivity index (χ2v) is 3.78. The lowest BCUT2D eigenvalue weighted by Gasteiger charge is -2.18. The first kappa shape index (κ1) is 12.9. The molecule has 2 rings (SSSR count). The van der Waals surface area contributed by atoms with Crippen molar-refractivity contribution in [2.24, 2.45) is 0 Å². The van der Waals surface area contributed by atoms with Crippen LogP contribution in [0.3, 0.4) is 0 Å². The molecular formula is C10H12F3N3O2. The Morgan fingerprint density at radius 1 is 1.56 bits per heavy atom. The molecule has 1 aliphatic rings. The van der Waals surface area contributed by atoms with Crippen molar-refractivity contribution >= 4 is 5.97 Å². The Bertz CT molecular complexity index is 468. The van der Waals surface area contributed by atoms with E-state index in [0.29, 0.717) is 6.54 Å². The third-order valence-electron chi connectivity index (χ3n) is 2.60. The number of nitrogens with one attached hydrogen (secondary N) is 1. The van der Waals surface area contributed by atoms with Crippen molar-refractivity contribution in [3.05, 3.63) is 17.2 Å². The van der Waals surface area contributed by atoms with Crippen molar-refractivity contribution in [3.63, 3.8) is 0 Å². The molecule has 0 amide bonds. The van der Waals surface area contributed by atoms with Gasteiger partial charge >= 0.3 is 12.1 Å². The van der Waals surface area contributed by atoms with E-state index in [0.717, 1.165) is 4.57 Å². The van der Waals surface area contributed by atoms with Crippen LogP contribution in [0.2, 0.25) is 0 Å². The van der Waals surface area contributed by atoms with Crippen molar-refractivity contribution in [2.45, 2.75) is 26.2 Å². The summed E-state index contributed by atoms with van der Waals surface area (Å²) in [5.41, 5.74) is -0.0246. The number of fused-ring (bicyclic) bond motifs is 1. The lowest BCUT2D eigenvalue weighted by molar-refractivity contribution is -0.147. The molecule has 2 heterocycles. The Morgan fingerprint density at radius 2 is 2.28 bits per heavy atom. The Morgan fingerprint density at radius 3 is 2.89 bits per heavy atom. The van der Waals surface area contributed by atoms with E-state index in [1.807, 2.05) is 0 Å². The molecule has 0 saturated heterocycles. The number of ether oxygens (including phenoxy) is 1. The van der Waals surface area contributed by atoms with Crippen molar-refractivity contribution in [1.82, 2.24) is 14.9 Å². The van der Waals surface area contributed by atoms with E-state index in [2.05, 4.69) is 10.3 Å². The monoisotopic (exact) mass is 263 g/mol. The highest BCUT2D eigenvalue weighted by atomic mass is 19.4. The van der Waals surface area contributed by atoms with E-state index in [-0.39, 0.29) is 31.1 Å². The lowest BCUT2D eigenvalue weighted by atomic mass is 10.2. The minimum Gasteiger partial charge on any atom is -0.461 e. The van der Waals surface area contributed by atoms with Gasteiger partial charge in [-0.2, -0.15) is 13.2 Å². The molecule has 0 atom stereocenters. The molecule has 0 aliphatic carbocycles. The van der Waals surface area contributed by atoms with Gasteiger partial charge in [0.2, 0.25) is 5.82 Å². The first-order chi connectivity index (χ1) is 8.45. The van der Waals surface area contributed by atoms with Crippen LogP contribution >= 0.6 is 0 Å². The van der Waals surface area contributed by atoms with Crippen LogP contribution in [0, 0.1) is 0 Å². The van der Waals surface area contributed by atoms with E-state index < -0.39 is 18.0 Å². The molecule has 1 aromatic heterocycles. The fourth-order valence-electron chi connectivity index (χ4n) is 1.88. The van der Waals surface area contributed by atoms with Gasteiger partial charge in [0.1, 0.15) is 0 Å². The first-order valence-electron chi connectivity index (χ1n) is 5.49. The number of imidazole rings is 1. The van der Waals surface area contributed by atoms with Crippen molar-refractivity contribution in [1.29, 1.82) is 0 Å². The van der Waals surface area contributed by atoms with E-state index in [4.69, 9.17) is 4.74 Å². The van der Waals surface area contributed by atoms with Gasteiger partial charge in [-0.3, -0.25) is 0 Å². The molecule has 18 heavy (non-hydrogen) atoms. The zero-order valence-corrected chi connectivity index (χ0v) is 9.67.